The van der Waals surface area contributed by atoms with Crippen molar-refractivity contribution in [2.45, 2.75) is 32.5 Å². The molecule has 34 heavy (non-hydrogen) atoms. The number of nitrogens with one attached hydrogen (secondary N) is 2. The number of nitrogens with zero attached hydrogens (tertiary/aromatic N) is 2. The van der Waals surface area contributed by atoms with E-state index in [2.05, 4.69) is 20.6 Å². The van der Waals surface area contributed by atoms with Gasteiger partial charge in [0.1, 0.15) is 18.0 Å². The molecule has 11 heteroatoms. The van der Waals surface area contributed by atoms with E-state index in [0.29, 0.717) is 16.6 Å². The van der Waals surface area contributed by atoms with E-state index in [-0.39, 0.29) is 30.4 Å². The van der Waals surface area contributed by atoms with Gasteiger partial charge >= 0.3 is 6.18 Å². The monoisotopic (exact) mass is 476 g/mol. The zero-order chi connectivity index (χ0) is 25.1. The summed E-state index contributed by atoms with van der Waals surface area (Å²) in [7, 11) is 0. The van der Waals surface area contributed by atoms with Gasteiger partial charge in [-0.15, -0.1) is 0 Å². The Bertz CT molecular complexity index is 1220. The van der Waals surface area contributed by atoms with Crippen molar-refractivity contribution in [3.63, 3.8) is 0 Å². The standard InChI is InChI=1S/C23H23F3N4O4/c1-13-10-15(12-18(28-13)30-21(32)22(2,3)33)20(31)27-8-9-34-19-7-4-14-11-16(23(24,25)26)5-6-17(14)29-19/h4-7,10-12,33H,8-9H2,1-3H3,(H,27,31)(H,28,30,32). The Labute approximate surface area is 193 Å². The van der Waals surface area contributed by atoms with Gasteiger partial charge in [0.15, 0.2) is 0 Å². The fourth-order valence-corrected chi connectivity index (χ4v) is 2.92. The molecule has 0 saturated carbocycles. The number of fused-ring (bicyclic) bond motifs is 1. The third-order valence-electron chi connectivity index (χ3n) is 4.64. The van der Waals surface area contributed by atoms with Crippen LogP contribution < -0.4 is 15.4 Å². The minimum Gasteiger partial charge on any atom is -0.476 e. The number of aryl methyl sites for hydroxylation is 1. The summed E-state index contributed by atoms with van der Waals surface area (Å²) in [6.07, 6.45) is -4.43. The number of amides is 2. The molecule has 1 aromatic carbocycles. The number of carbonyl (C=O) groups is 2. The van der Waals surface area contributed by atoms with Crippen molar-refractivity contribution >= 4 is 28.5 Å². The van der Waals surface area contributed by atoms with Crippen molar-refractivity contribution in [2.24, 2.45) is 0 Å². The number of aromatic nitrogens is 2. The first-order valence-electron chi connectivity index (χ1n) is 10.2. The minimum atomic E-state index is -4.43. The number of anilines is 1. The van der Waals surface area contributed by atoms with Gasteiger partial charge in [0.2, 0.25) is 5.88 Å². The average Bonchev–Trinajstić information content (AvgIpc) is 2.74. The van der Waals surface area contributed by atoms with Crippen molar-refractivity contribution in [3.8, 4) is 5.88 Å². The molecule has 0 atom stereocenters. The van der Waals surface area contributed by atoms with Crippen molar-refractivity contribution < 1.29 is 32.6 Å². The lowest BCUT2D eigenvalue weighted by Crippen LogP contribution is -2.37. The molecule has 0 aliphatic heterocycles. The molecule has 2 heterocycles. The summed E-state index contributed by atoms with van der Waals surface area (Å²) in [5.74, 6) is -0.762. The van der Waals surface area contributed by atoms with Gasteiger partial charge < -0.3 is 20.5 Å². The highest BCUT2D eigenvalue weighted by Crippen LogP contribution is 2.31. The lowest BCUT2D eigenvalue weighted by atomic mass is 10.1. The van der Waals surface area contributed by atoms with Crippen molar-refractivity contribution in [1.29, 1.82) is 0 Å². The van der Waals surface area contributed by atoms with Crippen LogP contribution in [0.2, 0.25) is 0 Å². The maximum Gasteiger partial charge on any atom is 0.416 e. The van der Waals surface area contributed by atoms with Crippen LogP contribution in [0.15, 0.2) is 42.5 Å². The summed E-state index contributed by atoms with van der Waals surface area (Å²) in [4.78, 5) is 32.7. The second-order valence-corrected chi connectivity index (χ2v) is 8.05. The van der Waals surface area contributed by atoms with E-state index in [1.165, 1.54) is 44.2 Å². The molecule has 0 spiro atoms. The number of carbonyl (C=O) groups excluding carboxylic acids is 2. The Morgan fingerprint density at radius 1 is 1.06 bits per heavy atom. The smallest absolute Gasteiger partial charge is 0.416 e. The van der Waals surface area contributed by atoms with Gasteiger partial charge in [0.25, 0.3) is 11.8 Å². The Kier molecular flexibility index (Phi) is 7.06. The van der Waals surface area contributed by atoms with E-state index in [1.54, 1.807) is 6.92 Å². The normalized spacial score (nSPS) is 11.9. The number of hydrogen-bond donors (Lipinski definition) is 3. The molecule has 180 valence electrons. The number of alkyl halides is 3. The highest BCUT2D eigenvalue weighted by atomic mass is 19.4. The van der Waals surface area contributed by atoms with Crippen LogP contribution in [0.5, 0.6) is 5.88 Å². The van der Waals surface area contributed by atoms with Crippen LogP contribution in [-0.4, -0.2) is 45.6 Å². The van der Waals surface area contributed by atoms with Crippen LogP contribution in [-0.2, 0) is 11.0 Å². The van der Waals surface area contributed by atoms with E-state index in [1.807, 2.05) is 0 Å². The molecule has 0 aliphatic carbocycles. The molecular formula is C23H23F3N4O4. The highest BCUT2D eigenvalue weighted by molar-refractivity contribution is 5.98. The summed E-state index contributed by atoms with van der Waals surface area (Å²) in [6.45, 7) is 4.50. The molecule has 0 saturated heterocycles. The third kappa shape index (κ3) is 6.41. The Morgan fingerprint density at radius 3 is 2.47 bits per heavy atom. The number of hydrogen-bond acceptors (Lipinski definition) is 6. The third-order valence-corrected chi connectivity index (χ3v) is 4.64. The fourth-order valence-electron chi connectivity index (χ4n) is 2.92. The van der Waals surface area contributed by atoms with Gasteiger partial charge in [-0.25, -0.2) is 9.97 Å². The molecule has 2 aromatic heterocycles. The van der Waals surface area contributed by atoms with E-state index >= 15 is 0 Å². The predicted octanol–water partition coefficient (Wildman–Crippen LogP) is 3.48. The second-order valence-electron chi connectivity index (χ2n) is 8.05. The van der Waals surface area contributed by atoms with Crippen LogP contribution in [0.4, 0.5) is 19.0 Å². The van der Waals surface area contributed by atoms with Crippen LogP contribution in [0.1, 0.15) is 35.5 Å². The Hall–Kier alpha value is -3.73. The topological polar surface area (TPSA) is 113 Å². The van der Waals surface area contributed by atoms with Gasteiger partial charge in [-0.3, -0.25) is 9.59 Å². The molecule has 3 rings (SSSR count). The lowest BCUT2D eigenvalue weighted by molar-refractivity contribution is -0.137. The quantitative estimate of drug-likeness (QED) is 0.450. The lowest BCUT2D eigenvalue weighted by Gasteiger charge is -2.16. The first-order valence-corrected chi connectivity index (χ1v) is 10.2. The molecule has 0 aliphatic rings. The molecule has 3 N–H and O–H groups in total. The predicted molar refractivity (Wildman–Crippen MR) is 118 cm³/mol. The molecule has 8 nitrogen and oxygen atoms in total. The van der Waals surface area contributed by atoms with E-state index < -0.39 is 29.2 Å². The first-order chi connectivity index (χ1) is 15.8. The van der Waals surface area contributed by atoms with Gasteiger partial charge in [-0.05, 0) is 57.2 Å². The second kappa shape index (κ2) is 9.64. The summed E-state index contributed by atoms with van der Waals surface area (Å²) in [5, 5.41) is 15.2. The number of rotatable bonds is 7. The summed E-state index contributed by atoms with van der Waals surface area (Å²) in [6, 6.07) is 9.09. The van der Waals surface area contributed by atoms with E-state index in [4.69, 9.17) is 4.74 Å². The summed E-state index contributed by atoms with van der Waals surface area (Å²) < 4.78 is 44.0. The average molecular weight is 476 g/mol. The van der Waals surface area contributed by atoms with Crippen molar-refractivity contribution in [2.75, 3.05) is 18.5 Å². The van der Waals surface area contributed by atoms with Crippen molar-refractivity contribution in [3.05, 3.63) is 59.3 Å². The molecule has 0 fully saturated rings. The minimum absolute atomic E-state index is 0.0667. The maximum atomic E-state index is 12.8. The number of halogens is 3. The van der Waals surface area contributed by atoms with Crippen LogP contribution in [0.25, 0.3) is 10.9 Å². The largest absolute Gasteiger partial charge is 0.476 e. The molecular weight excluding hydrogens is 453 g/mol. The maximum absolute atomic E-state index is 12.8. The number of ether oxygens (including phenoxy) is 1. The molecule has 2 amide bonds. The zero-order valence-electron chi connectivity index (χ0n) is 18.7. The first kappa shape index (κ1) is 24.9. The van der Waals surface area contributed by atoms with E-state index in [9.17, 15) is 27.9 Å². The Balaban J connectivity index is 1.57. The van der Waals surface area contributed by atoms with Crippen LogP contribution >= 0.6 is 0 Å². The van der Waals surface area contributed by atoms with Crippen LogP contribution in [0.3, 0.4) is 0 Å². The fraction of sp³-hybridized carbons (Fsp3) is 0.304. The van der Waals surface area contributed by atoms with Gasteiger partial charge in [0.05, 0.1) is 17.6 Å². The summed E-state index contributed by atoms with van der Waals surface area (Å²) >= 11 is 0. The highest BCUT2D eigenvalue weighted by Gasteiger charge is 2.30. The molecule has 3 aromatic rings. The van der Waals surface area contributed by atoms with Gasteiger partial charge in [-0.1, -0.05) is 0 Å². The van der Waals surface area contributed by atoms with Crippen molar-refractivity contribution in [1.82, 2.24) is 15.3 Å². The zero-order valence-corrected chi connectivity index (χ0v) is 18.7. The Morgan fingerprint density at radius 2 is 1.79 bits per heavy atom. The number of benzene rings is 1. The SMILES string of the molecule is Cc1cc(C(=O)NCCOc2ccc3cc(C(F)(F)F)ccc3n2)cc(NC(=O)C(C)(C)O)n1. The molecule has 0 unspecified atom stereocenters. The van der Waals surface area contributed by atoms with Crippen LogP contribution in [0, 0.1) is 6.92 Å². The number of aliphatic hydroxyl groups is 1. The van der Waals surface area contributed by atoms with Gasteiger partial charge in [-0.2, -0.15) is 13.2 Å². The molecule has 0 bridgehead atoms. The summed E-state index contributed by atoms with van der Waals surface area (Å²) in [5.41, 5.74) is -1.27. The van der Waals surface area contributed by atoms with E-state index in [0.717, 1.165) is 12.1 Å². The number of pyridine rings is 2. The molecule has 0 radical (unpaired) electrons. The van der Waals surface area contributed by atoms with Gasteiger partial charge in [0, 0.05) is 22.7 Å².